The molecule has 0 N–H and O–H groups in total. The zero-order chi connectivity index (χ0) is 16.3. The minimum absolute atomic E-state index is 0.877. The van der Waals surface area contributed by atoms with Crippen molar-refractivity contribution in [3.05, 3.63) is 6.42 Å². The highest BCUT2D eigenvalue weighted by molar-refractivity contribution is 4.73. The monoisotopic (exact) mass is 309 g/mol. The molecule has 0 nitrogen and oxygen atoms in total. The topological polar surface area (TPSA) is 0 Å². The van der Waals surface area contributed by atoms with Crippen LogP contribution in [0.1, 0.15) is 130 Å². The van der Waals surface area contributed by atoms with E-state index in [0.29, 0.717) is 0 Å². The van der Waals surface area contributed by atoms with E-state index >= 15 is 0 Å². The fourth-order valence-electron chi connectivity index (χ4n) is 3.31. The van der Waals surface area contributed by atoms with Gasteiger partial charge >= 0.3 is 0 Å². The zero-order valence-corrected chi connectivity index (χ0v) is 16.2. The predicted octanol–water partition coefficient (Wildman–Crippen LogP) is 8.50. The summed E-state index contributed by atoms with van der Waals surface area (Å²) in [5.41, 5.74) is 0. The van der Waals surface area contributed by atoms with Gasteiger partial charge in [0.05, 0.1) is 0 Å². The van der Waals surface area contributed by atoms with Crippen molar-refractivity contribution in [2.24, 2.45) is 5.92 Å². The lowest BCUT2D eigenvalue weighted by atomic mass is 9.95. The molecule has 133 valence electrons. The minimum atomic E-state index is 0.877. The molecule has 0 aromatic rings. The first-order chi connectivity index (χ1) is 10.8. The molecular formula is C22H45. The third kappa shape index (κ3) is 16.4. The van der Waals surface area contributed by atoms with Gasteiger partial charge in [-0.2, -0.15) is 0 Å². The van der Waals surface area contributed by atoms with Gasteiger partial charge in [-0.05, 0) is 18.8 Å². The van der Waals surface area contributed by atoms with Crippen molar-refractivity contribution in [2.45, 2.75) is 130 Å². The van der Waals surface area contributed by atoms with Crippen molar-refractivity contribution in [2.75, 3.05) is 0 Å². The minimum Gasteiger partial charge on any atom is -0.0654 e. The van der Waals surface area contributed by atoms with Crippen LogP contribution < -0.4 is 0 Å². The lowest BCUT2D eigenvalue weighted by molar-refractivity contribution is 0.513. The lowest BCUT2D eigenvalue weighted by Crippen LogP contribution is -1.97. The van der Waals surface area contributed by atoms with E-state index in [9.17, 15) is 0 Å². The van der Waals surface area contributed by atoms with Gasteiger partial charge in [0, 0.05) is 0 Å². The van der Waals surface area contributed by atoms with E-state index in [2.05, 4.69) is 27.2 Å². The fraction of sp³-hybridized carbons (Fsp3) is 0.955. The second-order valence-electron chi connectivity index (χ2n) is 7.20. The van der Waals surface area contributed by atoms with E-state index < -0.39 is 0 Å². The molecular weight excluding hydrogens is 264 g/mol. The standard InChI is InChI=1S/C22H45/c1-4-7-8-9-10-11-12-13-14-15-16-17-18-19-20-21-22(5-2)6-3/h21-22H,4-20H2,1-3H3. The van der Waals surface area contributed by atoms with Crippen LogP contribution in [0.2, 0.25) is 0 Å². The summed E-state index contributed by atoms with van der Waals surface area (Å²) in [7, 11) is 0. The molecule has 0 heterocycles. The molecule has 0 aromatic heterocycles. The zero-order valence-electron chi connectivity index (χ0n) is 16.2. The number of unbranched alkanes of at least 4 members (excludes halogenated alkanes) is 14. The summed E-state index contributed by atoms with van der Waals surface area (Å²) in [5.74, 6) is 0.877. The van der Waals surface area contributed by atoms with E-state index in [0.717, 1.165) is 5.92 Å². The molecule has 0 heteroatoms. The van der Waals surface area contributed by atoms with Gasteiger partial charge in [0.15, 0.2) is 0 Å². The van der Waals surface area contributed by atoms with Gasteiger partial charge in [-0.15, -0.1) is 0 Å². The molecule has 0 aliphatic carbocycles. The predicted molar refractivity (Wildman–Crippen MR) is 103 cm³/mol. The first-order valence-electron chi connectivity index (χ1n) is 10.7. The van der Waals surface area contributed by atoms with Crippen molar-refractivity contribution in [3.63, 3.8) is 0 Å². The van der Waals surface area contributed by atoms with Crippen molar-refractivity contribution >= 4 is 0 Å². The van der Waals surface area contributed by atoms with Crippen molar-refractivity contribution in [1.82, 2.24) is 0 Å². The summed E-state index contributed by atoms with van der Waals surface area (Å²) < 4.78 is 0. The molecule has 0 saturated heterocycles. The first kappa shape index (κ1) is 22.0. The smallest absolute Gasteiger partial charge is 0.0355 e. The fourth-order valence-corrected chi connectivity index (χ4v) is 3.31. The SMILES string of the molecule is CCCCCCCCCCCCCCCC[CH]C(CC)CC. The van der Waals surface area contributed by atoms with Gasteiger partial charge in [0.25, 0.3) is 0 Å². The van der Waals surface area contributed by atoms with Crippen molar-refractivity contribution < 1.29 is 0 Å². The average molecular weight is 310 g/mol. The molecule has 0 rings (SSSR count). The Bertz CT molecular complexity index is 180. The first-order valence-corrected chi connectivity index (χ1v) is 10.7. The van der Waals surface area contributed by atoms with E-state index in [1.807, 2.05) is 0 Å². The van der Waals surface area contributed by atoms with E-state index in [-0.39, 0.29) is 0 Å². The number of hydrogen-bond acceptors (Lipinski definition) is 0. The van der Waals surface area contributed by atoms with Crippen LogP contribution in [0.25, 0.3) is 0 Å². The highest BCUT2D eigenvalue weighted by Gasteiger charge is 2.02. The molecule has 0 unspecified atom stereocenters. The van der Waals surface area contributed by atoms with E-state index in [1.165, 1.54) is 109 Å². The Labute approximate surface area is 142 Å². The molecule has 0 aromatic carbocycles. The van der Waals surface area contributed by atoms with Gasteiger partial charge < -0.3 is 0 Å². The maximum absolute atomic E-state index is 2.57. The van der Waals surface area contributed by atoms with Crippen LogP contribution in [0, 0.1) is 12.3 Å². The normalized spacial score (nSPS) is 11.5. The maximum Gasteiger partial charge on any atom is -0.0355 e. The van der Waals surface area contributed by atoms with Crippen LogP contribution in [0.3, 0.4) is 0 Å². The van der Waals surface area contributed by atoms with Crippen molar-refractivity contribution in [1.29, 1.82) is 0 Å². The highest BCUT2D eigenvalue weighted by Crippen LogP contribution is 2.17. The summed E-state index contributed by atoms with van der Waals surface area (Å²) in [4.78, 5) is 0. The lowest BCUT2D eigenvalue weighted by Gasteiger charge is -2.10. The molecule has 22 heavy (non-hydrogen) atoms. The molecule has 0 aliphatic rings. The van der Waals surface area contributed by atoms with Crippen molar-refractivity contribution in [3.8, 4) is 0 Å². The molecule has 0 bridgehead atoms. The van der Waals surface area contributed by atoms with Gasteiger partial charge in [-0.1, -0.05) is 124 Å². The third-order valence-corrected chi connectivity index (χ3v) is 5.11. The second-order valence-corrected chi connectivity index (χ2v) is 7.20. The van der Waals surface area contributed by atoms with Gasteiger partial charge in [-0.3, -0.25) is 0 Å². The largest absolute Gasteiger partial charge is 0.0654 e. The Hall–Kier alpha value is 0. The highest BCUT2D eigenvalue weighted by atomic mass is 14.1. The van der Waals surface area contributed by atoms with Gasteiger partial charge in [0.2, 0.25) is 0 Å². The van der Waals surface area contributed by atoms with Crippen LogP contribution in [0.4, 0.5) is 0 Å². The molecule has 0 amide bonds. The Kier molecular flexibility index (Phi) is 19.0. The van der Waals surface area contributed by atoms with Crippen LogP contribution in [-0.2, 0) is 0 Å². The van der Waals surface area contributed by atoms with Crippen LogP contribution in [0.15, 0.2) is 0 Å². The summed E-state index contributed by atoms with van der Waals surface area (Å²) in [5, 5.41) is 0. The van der Waals surface area contributed by atoms with Crippen LogP contribution in [-0.4, -0.2) is 0 Å². The quantitative estimate of drug-likeness (QED) is 0.223. The molecule has 0 aliphatic heterocycles. The maximum atomic E-state index is 2.57. The summed E-state index contributed by atoms with van der Waals surface area (Å²) in [6.45, 7) is 6.93. The van der Waals surface area contributed by atoms with E-state index in [4.69, 9.17) is 0 Å². The summed E-state index contributed by atoms with van der Waals surface area (Å²) >= 11 is 0. The van der Waals surface area contributed by atoms with Gasteiger partial charge in [-0.25, -0.2) is 0 Å². The molecule has 0 saturated carbocycles. The number of hydrogen-bond donors (Lipinski definition) is 0. The Balaban J connectivity index is 3.02. The molecule has 0 atom stereocenters. The van der Waals surface area contributed by atoms with Crippen LogP contribution in [0.5, 0.6) is 0 Å². The second kappa shape index (κ2) is 19.0. The molecule has 0 fully saturated rings. The number of rotatable bonds is 18. The average Bonchev–Trinajstić information content (AvgIpc) is 2.55. The Morgan fingerprint density at radius 2 is 0.864 bits per heavy atom. The summed E-state index contributed by atoms with van der Waals surface area (Å²) in [6, 6.07) is 0. The summed E-state index contributed by atoms with van der Waals surface area (Å²) in [6.07, 6.45) is 27.0. The van der Waals surface area contributed by atoms with Crippen LogP contribution >= 0.6 is 0 Å². The third-order valence-electron chi connectivity index (χ3n) is 5.11. The molecule has 0 spiro atoms. The van der Waals surface area contributed by atoms with Gasteiger partial charge in [0.1, 0.15) is 0 Å². The Morgan fingerprint density at radius 1 is 0.500 bits per heavy atom. The van der Waals surface area contributed by atoms with E-state index in [1.54, 1.807) is 0 Å². The molecule has 1 radical (unpaired) electrons. The Morgan fingerprint density at radius 3 is 1.23 bits per heavy atom.